The van der Waals surface area contributed by atoms with E-state index in [4.69, 9.17) is 0 Å². The molecule has 2 aliphatic rings. The zero-order valence-electron chi connectivity index (χ0n) is 14.0. The van der Waals surface area contributed by atoms with Gasteiger partial charge in [0.1, 0.15) is 0 Å². The van der Waals surface area contributed by atoms with Gasteiger partial charge >= 0.3 is 0 Å². The average Bonchev–Trinajstić information content (AvgIpc) is 2.93. The van der Waals surface area contributed by atoms with Crippen LogP contribution in [0.25, 0.3) is 10.9 Å². The average molecular weight is 330 g/mol. The predicted octanol–water partition coefficient (Wildman–Crippen LogP) is 3.29. The van der Waals surface area contributed by atoms with Crippen LogP contribution in [0.5, 0.6) is 0 Å². The van der Waals surface area contributed by atoms with Crippen molar-refractivity contribution in [1.29, 1.82) is 0 Å². The zero-order valence-corrected chi connectivity index (χ0v) is 14.9. The molecule has 0 radical (unpaired) electrons. The first kappa shape index (κ1) is 15.4. The summed E-state index contributed by atoms with van der Waals surface area (Å²) in [4.78, 5) is 6.13. The van der Waals surface area contributed by atoms with Crippen molar-refractivity contribution in [2.75, 3.05) is 25.1 Å². The van der Waals surface area contributed by atoms with E-state index in [1.807, 2.05) is 6.26 Å². The summed E-state index contributed by atoms with van der Waals surface area (Å²) in [5, 5.41) is 1.46. The van der Waals surface area contributed by atoms with E-state index in [0.717, 1.165) is 25.3 Å². The Kier molecular flexibility index (Phi) is 4.06. The largest absolute Gasteiger partial charge is 0.361 e. The second-order valence-corrected chi connectivity index (χ2v) is 8.78. The molecule has 4 atom stereocenters. The third-order valence-electron chi connectivity index (χ3n) is 5.64. The second-order valence-electron chi connectivity index (χ2n) is 7.30. The number of H-pyrrole nitrogens is 1. The number of nitrogens with zero attached hydrogens (tertiary/aromatic N) is 1. The minimum Gasteiger partial charge on any atom is -0.361 e. The smallest absolute Gasteiger partial charge is 0.0459 e. The molecule has 124 valence electrons. The van der Waals surface area contributed by atoms with Crippen LogP contribution in [0.4, 0.5) is 0 Å². The maximum Gasteiger partial charge on any atom is 0.0459 e. The van der Waals surface area contributed by atoms with Gasteiger partial charge in [0.2, 0.25) is 0 Å². The van der Waals surface area contributed by atoms with E-state index in [2.05, 4.69) is 41.2 Å². The van der Waals surface area contributed by atoms with E-state index in [-0.39, 0.29) is 0 Å². The first-order valence-corrected chi connectivity index (χ1v) is 10.5. The molecule has 23 heavy (non-hydrogen) atoms. The molecule has 0 unspecified atom stereocenters. The Morgan fingerprint density at radius 3 is 3.04 bits per heavy atom. The van der Waals surface area contributed by atoms with Gasteiger partial charge in [-0.25, -0.2) is 0 Å². The highest BCUT2D eigenvalue weighted by Crippen LogP contribution is 2.44. The summed E-state index contributed by atoms with van der Waals surface area (Å²) in [7, 11) is -0.701. The van der Waals surface area contributed by atoms with Crippen LogP contribution in [0.1, 0.15) is 36.8 Å². The highest BCUT2D eigenvalue weighted by atomic mass is 32.2. The Labute approximate surface area is 140 Å². The lowest BCUT2D eigenvalue weighted by Gasteiger charge is -2.47. The van der Waals surface area contributed by atoms with Crippen molar-refractivity contribution >= 4 is 21.7 Å². The lowest BCUT2D eigenvalue weighted by Crippen LogP contribution is -2.51. The van der Waals surface area contributed by atoms with Gasteiger partial charge in [-0.1, -0.05) is 19.1 Å². The molecule has 0 bridgehead atoms. The first-order chi connectivity index (χ1) is 11.2. The number of hydrogen-bond acceptors (Lipinski definition) is 2. The quantitative estimate of drug-likeness (QED) is 0.934. The van der Waals surface area contributed by atoms with Crippen LogP contribution >= 0.6 is 0 Å². The summed E-state index contributed by atoms with van der Waals surface area (Å²) in [6.45, 7) is 4.54. The molecule has 3 nitrogen and oxygen atoms in total. The van der Waals surface area contributed by atoms with Crippen molar-refractivity contribution in [1.82, 2.24) is 9.88 Å². The Morgan fingerprint density at radius 1 is 1.39 bits per heavy atom. The van der Waals surface area contributed by atoms with Crippen molar-refractivity contribution in [3.63, 3.8) is 0 Å². The van der Waals surface area contributed by atoms with Crippen molar-refractivity contribution in [3.05, 3.63) is 35.5 Å². The molecule has 4 rings (SSSR count). The van der Waals surface area contributed by atoms with Gasteiger partial charge in [0.15, 0.2) is 0 Å². The molecule has 1 fully saturated rings. The summed E-state index contributed by atoms with van der Waals surface area (Å²) in [5.41, 5.74) is 4.28. The Bertz CT molecular complexity index is 738. The van der Waals surface area contributed by atoms with Crippen LogP contribution in [0.2, 0.25) is 0 Å². The van der Waals surface area contributed by atoms with E-state index in [9.17, 15) is 4.21 Å². The van der Waals surface area contributed by atoms with Gasteiger partial charge in [-0.15, -0.1) is 0 Å². The molecule has 1 aliphatic carbocycles. The third-order valence-corrected chi connectivity index (χ3v) is 6.58. The van der Waals surface area contributed by atoms with Gasteiger partial charge < -0.3 is 4.98 Å². The highest BCUT2D eigenvalue weighted by Gasteiger charge is 2.40. The minimum atomic E-state index is -0.701. The fourth-order valence-electron chi connectivity index (χ4n) is 4.90. The van der Waals surface area contributed by atoms with E-state index in [1.54, 1.807) is 0 Å². The standard InChI is InChI=1S/C19H26N2OS/c1-3-7-21-11-13(12-23(2)22)8-16-15-5-4-6-17-19(15)14(10-20-17)9-18(16)21/h4-6,10,13,16,18,20H,3,7-9,11-12H2,1-2H3/t13-,16-,18+,23+/m0/s1. The molecule has 1 aromatic heterocycles. The molecule has 2 heterocycles. The maximum absolute atomic E-state index is 11.8. The van der Waals surface area contributed by atoms with Crippen LogP contribution < -0.4 is 0 Å². The molecule has 1 aromatic carbocycles. The van der Waals surface area contributed by atoms with Crippen molar-refractivity contribution in [2.45, 2.75) is 38.1 Å². The summed E-state index contributed by atoms with van der Waals surface area (Å²) >= 11 is 0. The maximum atomic E-state index is 11.8. The predicted molar refractivity (Wildman–Crippen MR) is 97.4 cm³/mol. The van der Waals surface area contributed by atoms with Gasteiger partial charge in [-0.2, -0.15) is 0 Å². The number of aromatic nitrogens is 1. The summed E-state index contributed by atoms with van der Waals surface area (Å²) in [6, 6.07) is 7.32. The summed E-state index contributed by atoms with van der Waals surface area (Å²) in [6.07, 6.45) is 7.59. The lowest BCUT2D eigenvalue weighted by molar-refractivity contribution is 0.0923. The van der Waals surface area contributed by atoms with Crippen LogP contribution in [-0.4, -0.2) is 45.2 Å². The summed E-state index contributed by atoms with van der Waals surface area (Å²) < 4.78 is 11.8. The van der Waals surface area contributed by atoms with Gasteiger partial charge in [-0.3, -0.25) is 9.11 Å². The normalized spacial score (nSPS) is 28.7. The number of rotatable bonds is 4. The minimum absolute atomic E-state index is 0.560. The number of hydrogen-bond donors (Lipinski definition) is 1. The molecular weight excluding hydrogens is 304 g/mol. The SMILES string of the molecule is CCCN1C[C@@H](C[S@@](C)=O)C[C@H]2c3cccc4[nH]cc(c34)C[C@H]21. The second kappa shape index (κ2) is 6.06. The van der Waals surface area contributed by atoms with E-state index in [1.165, 1.54) is 34.9 Å². The number of fused-ring (bicyclic) bond motifs is 2. The fourth-order valence-corrected chi connectivity index (χ4v) is 5.80. The molecule has 2 aromatic rings. The monoisotopic (exact) mass is 330 g/mol. The van der Waals surface area contributed by atoms with E-state index in [0.29, 0.717) is 17.9 Å². The van der Waals surface area contributed by atoms with Crippen LogP contribution in [0.15, 0.2) is 24.4 Å². The molecule has 0 saturated carbocycles. The van der Waals surface area contributed by atoms with Crippen LogP contribution in [0.3, 0.4) is 0 Å². The van der Waals surface area contributed by atoms with Gasteiger partial charge in [-0.05, 0) is 48.9 Å². The first-order valence-electron chi connectivity index (χ1n) is 8.80. The fraction of sp³-hybridized carbons (Fsp3) is 0.579. The molecule has 1 N–H and O–H groups in total. The van der Waals surface area contributed by atoms with E-state index >= 15 is 0 Å². The van der Waals surface area contributed by atoms with Gasteiger partial charge in [0, 0.05) is 58.4 Å². The number of nitrogens with one attached hydrogen (secondary N) is 1. The number of aromatic amines is 1. The number of benzene rings is 1. The Hall–Kier alpha value is -1.13. The third kappa shape index (κ3) is 2.66. The van der Waals surface area contributed by atoms with Crippen LogP contribution in [0, 0.1) is 5.92 Å². The Morgan fingerprint density at radius 2 is 2.26 bits per heavy atom. The molecule has 4 heteroatoms. The molecule has 0 amide bonds. The Balaban J connectivity index is 1.74. The summed E-state index contributed by atoms with van der Waals surface area (Å²) in [5.74, 6) is 2.00. The van der Waals surface area contributed by atoms with Gasteiger partial charge in [0.25, 0.3) is 0 Å². The molecule has 1 aliphatic heterocycles. The lowest BCUT2D eigenvalue weighted by atomic mass is 9.72. The van der Waals surface area contributed by atoms with Crippen LogP contribution in [-0.2, 0) is 17.2 Å². The van der Waals surface area contributed by atoms with E-state index < -0.39 is 10.8 Å². The van der Waals surface area contributed by atoms with Crippen molar-refractivity contribution < 1.29 is 4.21 Å². The molecule has 1 saturated heterocycles. The van der Waals surface area contributed by atoms with Gasteiger partial charge in [0.05, 0.1) is 0 Å². The molecule has 0 spiro atoms. The molecular formula is C19H26N2OS. The number of piperidine rings is 1. The highest BCUT2D eigenvalue weighted by molar-refractivity contribution is 7.84. The van der Waals surface area contributed by atoms with Crippen molar-refractivity contribution in [3.8, 4) is 0 Å². The van der Waals surface area contributed by atoms with Crippen molar-refractivity contribution in [2.24, 2.45) is 5.92 Å². The zero-order chi connectivity index (χ0) is 16.0. The number of likely N-dealkylation sites (tertiary alicyclic amines) is 1. The topological polar surface area (TPSA) is 36.1 Å².